The Morgan fingerprint density at radius 3 is 2.68 bits per heavy atom. The molecule has 0 saturated heterocycles. The summed E-state index contributed by atoms with van der Waals surface area (Å²) in [6.45, 7) is 3.83. The summed E-state index contributed by atoms with van der Waals surface area (Å²) < 4.78 is 5.56. The lowest BCUT2D eigenvalue weighted by atomic mass is 9.98. The highest BCUT2D eigenvalue weighted by molar-refractivity contribution is 5.93. The van der Waals surface area contributed by atoms with Crippen LogP contribution in [0.1, 0.15) is 31.7 Å². The maximum atomic E-state index is 12.0. The summed E-state index contributed by atoms with van der Waals surface area (Å²) in [6, 6.07) is 10.6. The Labute approximate surface area is 145 Å². The van der Waals surface area contributed by atoms with Gasteiger partial charge in [-0.3, -0.25) is 14.9 Å². The molecule has 0 radical (unpaired) electrons. The van der Waals surface area contributed by atoms with Crippen molar-refractivity contribution in [3.8, 4) is 11.5 Å². The number of hydrogen-bond acceptors (Lipinski definition) is 5. The molecule has 0 aliphatic rings. The molecule has 0 unspecified atom stereocenters. The number of nitrogens with zero attached hydrogens (tertiary/aromatic N) is 1. The van der Waals surface area contributed by atoms with Gasteiger partial charge in [-0.1, -0.05) is 43.9 Å². The number of nitro groups is 1. The van der Waals surface area contributed by atoms with Gasteiger partial charge in [0.2, 0.25) is 0 Å². The summed E-state index contributed by atoms with van der Waals surface area (Å²) in [7, 11) is 0. The molecule has 0 aromatic heterocycles. The molecule has 0 spiro atoms. The normalized spacial score (nSPS) is 11.6. The van der Waals surface area contributed by atoms with E-state index in [1.807, 2.05) is 18.2 Å². The third kappa shape index (κ3) is 4.69. The number of non-ortho nitro benzene ring substituents is 1. The van der Waals surface area contributed by atoms with Crippen LogP contribution in [0.2, 0.25) is 0 Å². The van der Waals surface area contributed by atoms with Gasteiger partial charge in [-0.2, -0.15) is 0 Å². The van der Waals surface area contributed by atoms with Crippen molar-refractivity contribution in [1.82, 2.24) is 0 Å². The third-order valence-corrected chi connectivity index (χ3v) is 3.87. The van der Waals surface area contributed by atoms with Crippen molar-refractivity contribution < 1.29 is 19.6 Å². The first-order valence-electron chi connectivity index (χ1n) is 7.89. The van der Waals surface area contributed by atoms with E-state index in [0.717, 1.165) is 30.2 Å². The summed E-state index contributed by atoms with van der Waals surface area (Å²) in [5.41, 5.74) is 0.591. The summed E-state index contributed by atoms with van der Waals surface area (Å²) in [6.07, 6.45) is 0.930. The number of nitrogens with one attached hydrogen (secondary N) is 1. The highest BCUT2D eigenvalue weighted by Gasteiger charge is 2.13. The van der Waals surface area contributed by atoms with E-state index in [1.54, 1.807) is 6.07 Å². The second kappa shape index (κ2) is 8.14. The Morgan fingerprint density at radius 2 is 2.00 bits per heavy atom. The summed E-state index contributed by atoms with van der Waals surface area (Å²) in [5, 5.41) is 24.8. The second-order valence-corrected chi connectivity index (χ2v) is 5.62. The van der Waals surface area contributed by atoms with E-state index < -0.39 is 16.6 Å². The smallest absolute Gasteiger partial charge is 0.271 e. The minimum absolute atomic E-state index is 0.141. The van der Waals surface area contributed by atoms with E-state index in [4.69, 9.17) is 4.74 Å². The Morgan fingerprint density at radius 1 is 1.28 bits per heavy atom. The molecule has 2 aromatic carbocycles. The average molecular weight is 343 g/mol. The van der Waals surface area contributed by atoms with Crippen molar-refractivity contribution in [2.75, 3.05) is 11.9 Å². The monoisotopic (exact) mass is 343 g/mol. The van der Waals surface area contributed by atoms with E-state index in [9.17, 15) is 20.0 Å². The zero-order chi connectivity index (χ0) is 18.4. The van der Waals surface area contributed by atoms with Gasteiger partial charge in [0.05, 0.1) is 4.92 Å². The highest BCUT2D eigenvalue weighted by atomic mass is 16.6. The number of benzene rings is 2. The molecule has 7 heteroatoms. The summed E-state index contributed by atoms with van der Waals surface area (Å²) >= 11 is 0. The molecule has 0 bridgehead atoms. The van der Waals surface area contributed by atoms with Crippen LogP contribution in [-0.4, -0.2) is 17.4 Å². The van der Waals surface area contributed by atoms with Gasteiger partial charge in [-0.15, -0.1) is 0 Å². The zero-order valence-electron chi connectivity index (χ0n) is 14.0. The van der Waals surface area contributed by atoms with Crippen LogP contribution in [0, 0.1) is 10.1 Å². The lowest BCUT2D eigenvalue weighted by molar-refractivity contribution is -0.385. The number of rotatable bonds is 7. The molecule has 1 amide bonds. The highest BCUT2D eigenvalue weighted by Crippen LogP contribution is 2.29. The topological polar surface area (TPSA) is 105 Å². The van der Waals surface area contributed by atoms with Gasteiger partial charge in [0.25, 0.3) is 11.6 Å². The van der Waals surface area contributed by atoms with Crippen molar-refractivity contribution in [2.45, 2.75) is 26.2 Å². The molecule has 25 heavy (non-hydrogen) atoms. The Balaban J connectivity index is 2.05. The van der Waals surface area contributed by atoms with Crippen LogP contribution in [0.5, 0.6) is 11.5 Å². The number of anilines is 1. The third-order valence-electron chi connectivity index (χ3n) is 3.87. The minimum atomic E-state index is -0.631. The number of hydrogen-bond donors (Lipinski definition) is 1. The van der Waals surface area contributed by atoms with Crippen LogP contribution in [0.15, 0.2) is 42.5 Å². The fraction of sp³-hybridized carbons (Fsp3) is 0.278. The lowest BCUT2D eigenvalue weighted by Gasteiger charge is -2.17. The zero-order valence-corrected chi connectivity index (χ0v) is 14.0. The van der Waals surface area contributed by atoms with E-state index in [2.05, 4.69) is 19.2 Å². The molecule has 7 nitrogen and oxygen atoms in total. The number of carbonyl (C=O) groups excluding carboxylic acids is 1. The molecule has 0 aliphatic heterocycles. The predicted octanol–water partition coefficient (Wildman–Crippen LogP) is 3.20. The van der Waals surface area contributed by atoms with E-state index >= 15 is 0 Å². The summed E-state index contributed by atoms with van der Waals surface area (Å²) in [4.78, 5) is 22.2. The molecule has 1 atom stereocenters. The first-order valence-corrected chi connectivity index (χ1v) is 7.89. The van der Waals surface area contributed by atoms with Gasteiger partial charge in [0.15, 0.2) is 6.61 Å². The van der Waals surface area contributed by atoms with Crippen LogP contribution in [0.25, 0.3) is 0 Å². The maximum Gasteiger partial charge on any atom is 0.271 e. The molecular weight excluding hydrogens is 324 g/mol. The van der Waals surface area contributed by atoms with Gasteiger partial charge in [0.1, 0.15) is 5.75 Å². The average Bonchev–Trinajstić information content (AvgIpc) is 2.61. The molecule has 0 aliphatic carbocycles. The number of ether oxygens (including phenoxy) is 1. The molecule has 2 aromatic rings. The van der Waals surface area contributed by atoms with Crippen LogP contribution in [-0.2, 0) is 4.79 Å². The van der Waals surface area contributed by atoms with Crippen molar-refractivity contribution in [3.05, 3.63) is 58.1 Å². The van der Waals surface area contributed by atoms with Crippen molar-refractivity contribution in [3.63, 3.8) is 0 Å². The molecule has 0 saturated carbocycles. The minimum Gasteiger partial charge on any atom is -0.871 e. The van der Waals surface area contributed by atoms with Gasteiger partial charge in [-0.05, 0) is 24.0 Å². The molecule has 132 valence electrons. The Bertz CT molecular complexity index is 776. The fourth-order valence-electron chi connectivity index (χ4n) is 2.30. The first-order chi connectivity index (χ1) is 11.9. The number of para-hydroxylation sites is 1. The lowest BCUT2D eigenvalue weighted by Crippen LogP contribution is -2.21. The SMILES string of the molecule is CC[C@H](C)c1ccccc1OCC(=O)Nc1cc([N+](=O)[O-])ccc1[O-]. The van der Waals surface area contributed by atoms with Crippen LogP contribution in [0.3, 0.4) is 0 Å². The van der Waals surface area contributed by atoms with Crippen molar-refractivity contribution >= 4 is 17.3 Å². The predicted molar refractivity (Wildman–Crippen MR) is 91.8 cm³/mol. The standard InChI is InChI=1S/C18H20N2O5/c1-3-12(2)14-6-4-5-7-17(14)25-11-18(22)19-15-10-13(20(23)24)8-9-16(15)21/h4-10,12,21H,3,11H2,1-2H3,(H,19,22)/p-1/t12-/m0/s1. The van der Waals surface area contributed by atoms with Gasteiger partial charge < -0.3 is 15.2 Å². The molecule has 2 rings (SSSR count). The van der Waals surface area contributed by atoms with E-state index in [1.165, 1.54) is 0 Å². The van der Waals surface area contributed by atoms with Crippen molar-refractivity contribution in [2.24, 2.45) is 0 Å². The maximum absolute atomic E-state index is 12.0. The number of amides is 1. The fourth-order valence-corrected chi connectivity index (χ4v) is 2.30. The molecule has 0 fully saturated rings. The Kier molecular flexibility index (Phi) is 5.94. The van der Waals surface area contributed by atoms with Crippen molar-refractivity contribution in [1.29, 1.82) is 0 Å². The largest absolute Gasteiger partial charge is 0.871 e. The first kappa shape index (κ1) is 18.3. The quantitative estimate of drug-likeness (QED) is 0.614. The molecular formula is C18H19N2O5-. The van der Waals surface area contributed by atoms with Gasteiger partial charge in [-0.25, -0.2) is 0 Å². The van der Waals surface area contributed by atoms with Crippen LogP contribution >= 0.6 is 0 Å². The Hall–Kier alpha value is -3.09. The van der Waals surface area contributed by atoms with Gasteiger partial charge in [0, 0.05) is 17.8 Å². The van der Waals surface area contributed by atoms with Gasteiger partial charge >= 0.3 is 0 Å². The summed E-state index contributed by atoms with van der Waals surface area (Å²) in [5.74, 6) is -0.173. The number of nitro benzene ring substituents is 1. The van der Waals surface area contributed by atoms with E-state index in [0.29, 0.717) is 5.75 Å². The van der Waals surface area contributed by atoms with Crippen LogP contribution in [0.4, 0.5) is 11.4 Å². The molecule has 1 N–H and O–H groups in total. The second-order valence-electron chi connectivity index (χ2n) is 5.62. The molecule has 0 heterocycles. The van der Waals surface area contributed by atoms with E-state index in [-0.39, 0.29) is 23.9 Å². The van der Waals surface area contributed by atoms with Crippen LogP contribution < -0.4 is 15.2 Å². The number of carbonyl (C=O) groups is 1.